The molecule has 0 aromatic carbocycles. The van der Waals surface area contributed by atoms with Gasteiger partial charge in [-0.3, -0.25) is 0 Å². The number of rotatable bonds is 3. The first kappa shape index (κ1) is 14.7. The Hall–Kier alpha value is -2.26. The van der Waals surface area contributed by atoms with E-state index in [0.717, 1.165) is 5.69 Å². The average Bonchev–Trinajstić information content (AvgIpc) is 3.09. The minimum atomic E-state index is -1.06. The Kier molecular flexibility index (Phi) is 4.16. The summed E-state index contributed by atoms with van der Waals surface area (Å²) in [5, 5.41) is 2.21. The van der Waals surface area contributed by atoms with E-state index in [1.54, 1.807) is 22.0 Å². The maximum absolute atomic E-state index is 13.1. The Balaban J connectivity index is 1.63. The lowest BCUT2D eigenvalue weighted by Crippen LogP contribution is -1.84. The maximum Gasteiger partial charge on any atom is 0.149 e. The number of halogens is 2. The average molecular weight is 317 g/mol. The molecule has 0 fully saturated rings. The minimum absolute atomic E-state index is 0.294. The van der Waals surface area contributed by atoms with Gasteiger partial charge in [0.2, 0.25) is 0 Å². The molecule has 3 heterocycles. The second kappa shape index (κ2) is 6.24. The van der Waals surface area contributed by atoms with E-state index in [2.05, 4.69) is 21.8 Å². The van der Waals surface area contributed by atoms with E-state index in [1.165, 1.54) is 30.5 Å². The molecule has 1 atom stereocenters. The van der Waals surface area contributed by atoms with Crippen molar-refractivity contribution in [3.05, 3.63) is 52.1 Å². The number of alkyl halides is 1. The summed E-state index contributed by atoms with van der Waals surface area (Å²) >= 11 is 1.28. The van der Waals surface area contributed by atoms with Crippen LogP contribution >= 0.6 is 11.3 Å². The molecule has 22 heavy (non-hydrogen) atoms. The lowest BCUT2D eigenvalue weighted by molar-refractivity contribution is 0.373. The van der Waals surface area contributed by atoms with Gasteiger partial charge >= 0.3 is 0 Å². The summed E-state index contributed by atoms with van der Waals surface area (Å²) in [5.74, 6) is 5.63. The van der Waals surface area contributed by atoms with Crippen LogP contribution in [0.15, 0.2) is 29.9 Å². The van der Waals surface area contributed by atoms with E-state index in [4.69, 9.17) is 0 Å². The topological polar surface area (TPSA) is 30.2 Å². The predicted octanol–water partition coefficient (Wildman–Crippen LogP) is 3.94. The van der Waals surface area contributed by atoms with Crippen molar-refractivity contribution >= 4 is 17.0 Å². The van der Waals surface area contributed by atoms with Crippen LogP contribution in [0.1, 0.15) is 35.9 Å². The third kappa shape index (κ3) is 3.31. The summed E-state index contributed by atoms with van der Waals surface area (Å²) in [7, 11) is 0. The van der Waals surface area contributed by atoms with E-state index in [0.29, 0.717) is 29.2 Å². The van der Waals surface area contributed by atoms with Gasteiger partial charge in [-0.15, -0.1) is 11.3 Å². The minimum Gasteiger partial charge on any atom is -0.304 e. The first-order chi connectivity index (χ1) is 10.6. The number of fused-ring (bicyclic) bond motifs is 1. The van der Waals surface area contributed by atoms with Crippen LogP contribution in [0.5, 0.6) is 0 Å². The van der Waals surface area contributed by atoms with Gasteiger partial charge < -0.3 is 4.40 Å². The molecule has 3 aromatic heterocycles. The Morgan fingerprint density at radius 2 is 2.18 bits per heavy atom. The molecule has 0 radical (unpaired) electrons. The van der Waals surface area contributed by atoms with Crippen molar-refractivity contribution in [2.24, 2.45) is 0 Å². The number of aromatic nitrogens is 3. The summed E-state index contributed by atoms with van der Waals surface area (Å²) in [4.78, 5) is 8.50. The van der Waals surface area contributed by atoms with Gasteiger partial charge in [0.1, 0.15) is 28.3 Å². The molecule has 0 bridgehead atoms. The van der Waals surface area contributed by atoms with Crippen LogP contribution in [0, 0.1) is 17.7 Å². The van der Waals surface area contributed by atoms with Crippen LogP contribution in [-0.2, 0) is 6.42 Å². The molecule has 0 spiro atoms. The smallest absolute Gasteiger partial charge is 0.149 e. The number of aryl methyl sites for hydroxylation is 1. The van der Waals surface area contributed by atoms with Gasteiger partial charge in [0.25, 0.3) is 0 Å². The number of hydrogen-bond donors (Lipinski definition) is 0. The fourth-order valence-corrected chi connectivity index (χ4v) is 2.69. The molecule has 3 rings (SSSR count). The van der Waals surface area contributed by atoms with Crippen LogP contribution in [0.2, 0.25) is 0 Å². The van der Waals surface area contributed by atoms with Crippen LogP contribution < -0.4 is 0 Å². The highest BCUT2D eigenvalue weighted by atomic mass is 32.1. The molecule has 0 saturated carbocycles. The standard InChI is InChI=1S/C16H13F2N3S/c1-11(17)16-20-14(10-22-16)5-3-2-4-13-9-21-8-12(18)6-7-15(21)19-13/h6-11H,2,4H2,1H3. The van der Waals surface area contributed by atoms with Gasteiger partial charge in [-0.05, 0) is 25.0 Å². The number of thiazole rings is 1. The highest BCUT2D eigenvalue weighted by Gasteiger charge is 2.07. The van der Waals surface area contributed by atoms with Crippen molar-refractivity contribution in [2.45, 2.75) is 25.9 Å². The summed E-state index contributed by atoms with van der Waals surface area (Å²) in [6.07, 6.45) is 3.43. The second-order valence-corrected chi connectivity index (χ2v) is 5.72. The molecule has 0 aliphatic heterocycles. The largest absolute Gasteiger partial charge is 0.304 e. The van der Waals surface area contributed by atoms with Gasteiger partial charge in [-0.25, -0.2) is 18.7 Å². The van der Waals surface area contributed by atoms with E-state index < -0.39 is 6.17 Å². The van der Waals surface area contributed by atoms with Crippen molar-refractivity contribution in [1.82, 2.24) is 14.4 Å². The molecule has 0 saturated heterocycles. The molecule has 3 aromatic rings. The van der Waals surface area contributed by atoms with E-state index in [9.17, 15) is 8.78 Å². The lowest BCUT2D eigenvalue weighted by Gasteiger charge is -1.90. The molecule has 3 nitrogen and oxygen atoms in total. The molecule has 0 N–H and O–H groups in total. The molecule has 0 aliphatic carbocycles. The van der Waals surface area contributed by atoms with Gasteiger partial charge in [0, 0.05) is 30.6 Å². The zero-order chi connectivity index (χ0) is 15.5. The molecule has 0 aliphatic rings. The molecular formula is C16H13F2N3S. The first-order valence-electron chi connectivity index (χ1n) is 6.83. The number of hydrogen-bond acceptors (Lipinski definition) is 3. The van der Waals surface area contributed by atoms with Crippen LogP contribution in [-0.4, -0.2) is 14.4 Å². The van der Waals surface area contributed by atoms with Crippen molar-refractivity contribution in [2.75, 3.05) is 0 Å². The van der Waals surface area contributed by atoms with Gasteiger partial charge in [-0.1, -0.05) is 5.92 Å². The number of pyridine rings is 1. The van der Waals surface area contributed by atoms with Crippen molar-refractivity contribution in [3.63, 3.8) is 0 Å². The fraction of sp³-hybridized carbons (Fsp3) is 0.250. The monoisotopic (exact) mass is 317 g/mol. The fourth-order valence-electron chi connectivity index (χ4n) is 2.01. The molecule has 112 valence electrons. The zero-order valence-electron chi connectivity index (χ0n) is 11.9. The van der Waals surface area contributed by atoms with Crippen molar-refractivity contribution in [1.29, 1.82) is 0 Å². The van der Waals surface area contributed by atoms with Crippen LogP contribution in [0.3, 0.4) is 0 Å². The van der Waals surface area contributed by atoms with E-state index in [-0.39, 0.29) is 5.82 Å². The third-order valence-electron chi connectivity index (χ3n) is 3.05. The van der Waals surface area contributed by atoms with Crippen molar-refractivity contribution in [3.8, 4) is 11.8 Å². The third-order valence-corrected chi connectivity index (χ3v) is 4.05. The van der Waals surface area contributed by atoms with Gasteiger partial charge in [0.05, 0.1) is 5.69 Å². The summed E-state index contributed by atoms with van der Waals surface area (Å²) in [6.45, 7) is 1.46. The Morgan fingerprint density at radius 3 is 2.95 bits per heavy atom. The quantitative estimate of drug-likeness (QED) is 0.685. The molecule has 6 heteroatoms. The second-order valence-electron chi connectivity index (χ2n) is 4.83. The van der Waals surface area contributed by atoms with Crippen LogP contribution in [0.25, 0.3) is 5.65 Å². The van der Waals surface area contributed by atoms with E-state index >= 15 is 0 Å². The molecule has 0 amide bonds. The predicted molar refractivity (Wildman–Crippen MR) is 82.0 cm³/mol. The Labute approximate surface area is 130 Å². The normalized spacial score (nSPS) is 12.1. The van der Waals surface area contributed by atoms with E-state index in [1.807, 2.05) is 0 Å². The highest BCUT2D eigenvalue weighted by Crippen LogP contribution is 2.20. The lowest BCUT2D eigenvalue weighted by atomic mass is 10.2. The van der Waals surface area contributed by atoms with Crippen molar-refractivity contribution < 1.29 is 8.78 Å². The summed E-state index contributed by atoms with van der Waals surface area (Å²) in [5.41, 5.74) is 2.17. The van der Waals surface area contributed by atoms with Gasteiger partial charge in [-0.2, -0.15) is 0 Å². The zero-order valence-corrected chi connectivity index (χ0v) is 12.7. The highest BCUT2D eigenvalue weighted by molar-refractivity contribution is 7.09. The maximum atomic E-state index is 13.1. The molecular weight excluding hydrogens is 304 g/mol. The molecule has 1 unspecified atom stereocenters. The summed E-state index contributed by atoms with van der Waals surface area (Å²) < 4.78 is 27.8. The first-order valence-corrected chi connectivity index (χ1v) is 7.71. The SMILES string of the molecule is CC(F)c1nc(C#CCCc2cn3cc(F)ccc3n2)cs1. The Morgan fingerprint density at radius 1 is 1.32 bits per heavy atom. The van der Waals surface area contributed by atoms with Gasteiger partial charge in [0.15, 0.2) is 0 Å². The number of nitrogens with zero attached hydrogens (tertiary/aromatic N) is 3. The number of imidazole rings is 1. The Bertz CT molecular complexity index is 855. The summed E-state index contributed by atoms with van der Waals surface area (Å²) in [6, 6.07) is 3.02. The van der Waals surface area contributed by atoms with Crippen LogP contribution in [0.4, 0.5) is 8.78 Å².